The molecule has 0 aliphatic heterocycles. The normalized spacial score (nSPS) is 22.5. The lowest BCUT2D eigenvalue weighted by Gasteiger charge is -2.27. The summed E-state index contributed by atoms with van der Waals surface area (Å²) in [4.78, 5) is 11.0. The molecule has 0 saturated heterocycles. The van der Waals surface area contributed by atoms with Crippen LogP contribution in [-0.2, 0) is 11.3 Å². The number of carbonyl (C=O) groups is 1. The van der Waals surface area contributed by atoms with Crippen LogP contribution in [0.2, 0.25) is 0 Å². The number of methoxy groups -OCH3 is 1. The van der Waals surface area contributed by atoms with Gasteiger partial charge in [-0.2, -0.15) is 0 Å². The van der Waals surface area contributed by atoms with Crippen molar-refractivity contribution in [3.63, 3.8) is 0 Å². The molecule has 1 N–H and O–H groups in total. The largest absolute Gasteiger partial charge is 0.496 e. The van der Waals surface area contributed by atoms with Gasteiger partial charge in [0.05, 0.1) is 25.4 Å². The van der Waals surface area contributed by atoms with Crippen molar-refractivity contribution in [3.8, 4) is 5.75 Å². The van der Waals surface area contributed by atoms with Crippen molar-refractivity contribution in [2.24, 2.45) is 5.92 Å². The minimum atomic E-state index is -0.930. The summed E-state index contributed by atoms with van der Waals surface area (Å²) in [6, 6.07) is 4.87. The minimum Gasteiger partial charge on any atom is -0.496 e. The number of rotatable bonds is 5. The molecule has 4 nitrogen and oxygen atoms in total. The molecule has 0 amide bonds. The van der Waals surface area contributed by atoms with Gasteiger partial charge in [-0.15, -0.1) is 0 Å². The standard InChI is InChI=1S/C16H22O4/c1-11-4-3-5-14(8-11)20-10-13-9-12(16(17)18)6-7-15(13)19-2/h6-7,9,11,14H,3-5,8,10H2,1-2H3,(H,17,18). The van der Waals surface area contributed by atoms with Gasteiger partial charge in [-0.05, 0) is 37.0 Å². The van der Waals surface area contributed by atoms with Crippen LogP contribution in [0.15, 0.2) is 18.2 Å². The van der Waals surface area contributed by atoms with Gasteiger partial charge in [-0.3, -0.25) is 0 Å². The Kier molecular flexibility index (Phi) is 5.01. The Morgan fingerprint density at radius 3 is 2.85 bits per heavy atom. The fourth-order valence-corrected chi connectivity index (χ4v) is 2.76. The molecule has 0 aromatic heterocycles. The Bertz CT molecular complexity index is 470. The lowest BCUT2D eigenvalue weighted by molar-refractivity contribution is 0.00393. The highest BCUT2D eigenvalue weighted by molar-refractivity contribution is 5.88. The first-order valence-corrected chi connectivity index (χ1v) is 7.12. The monoisotopic (exact) mass is 278 g/mol. The van der Waals surface area contributed by atoms with Crippen LogP contribution in [0.5, 0.6) is 5.75 Å². The zero-order valence-corrected chi connectivity index (χ0v) is 12.1. The zero-order chi connectivity index (χ0) is 14.5. The summed E-state index contributed by atoms with van der Waals surface area (Å²) >= 11 is 0. The lowest BCUT2D eigenvalue weighted by Crippen LogP contribution is -2.21. The van der Waals surface area contributed by atoms with Gasteiger partial charge in [0.1, 0.15) is 5.75 Å². The molecule has 1 aromatic rings. The summed E-state index contributed by atoms with van der Waals surface area (Å²) in [7, 11) is 1.59. The Labute approximate surface area is 119 Å². The van der Waals surface area contributed by atoms with Crippen LogP contribution in [0.4, 0.5) is 0 Å². The summed E-state index contributed by atoms with van der Waals surface area (Å²) in [5, 5.41) is 9.04. The molecule has 2 atom stereocenters. The number of benzene rings is 1. The highest BCUT2D eigenvalue weighted by Gasteiger charge is 2.20. The van der Waals surface area contributed by atoms with E-state index in [4.69, 9.17) is 14.6 Å². The number of hydrogen-bond acceptors (Lipinski definition) is 3. The van der Waals surface area contributed by atoms with Crippen molar-refractivity contribution in [1.82, 2.24) is 0 Å². The van der Waals surface area contributed by atoms with E-state index in [1.54, 1.807) is 25.3 Å². The van der Waals surface area contributed by atoms with Crippen LogP contribution in [0.25, 0.3) is 0 Å². The third kappa shape index (κ3) is 3.73. The second kappa shape index (κ2) is 6.75. The van der Waals surface area contributed by atoms with Gasteiger partial charge in [-0.1, -0.05) is 19.8 Å². The smallest absolute Gasteiger partial charge is 0.335 e. The second-order valence-electron chi connectivity index (χ2n) is 5.54. The molecule has 2 unspecified atom stereocenters. The van der Waals surface area contributed by atoms with Gasteiger partial charge in [-0.25, -0.2) is 4.79 Å². The number of carboxylic acids is 1. The van der Waals surface area contributed by atoms with Crippen molar-refractivity contribution in [2.75, 3.05) is 7.11 Å². The highest BCUT2D eigenvalue weighted by Crippen LogP contribution is 2.28. The van der Waals surface area contributed by atoms with Crippen molar-refractivity contribution in [1.29, 1.82) is 0 Å². The number of carboxylic acid groups (broad SMARTS) is 1. The van der Waals surface area contributed by atoms with Crippen LogP contribution in [-0.4, -0.2) is 24.3 Å². The first-order valence-electron chi connectivity index (χ1n) is 7.12. The topological polar surface area (TPSA) is 55.8 Å². The summed E-state index contributed by atoms with van der Waals surface area (Å²) in [6.45, 7) is 2.66. The van der Waals surface area contributed by atoms with Crippen molar-refractivity contribution >= 4 is 5.97 Å². The van der Waals surface area contributed by atoms with Crippen LogP contribution >= 0.6 is 0 Å². The maximum Gasteiger partial charge on any atom is 0.335 e. The van der Waals surface area contributed by atoms with Crippen LogP contribution in [0.3, 0.4) is 0 Å². The predicted molar refractivity (Wildman–Crippen MR) is 76.2 cm³/mol. The van der Waals surface area contributed by atoms with Gasteiger partial charge >= 0.3 is 5.97 Å². The number of hydrogen-bond donors (Lipinski definition) is 1. The van der Waals surface area contributed by atoms with Crippen molar-refractivity contribution in [2.45, 2.75) is 45.3 Å². The van der Waals surface area contributed by atoms with E-state index in [2.05, 4.69) is 6.92 Å². The van der Waals surface area contributed by atoms with Gasteiger partial charge < -0.3 is 14.6 Å². The SMILES string of the molecule is COc1ccc(C(=O)O)cc1COC1CCCC(C)C1. The molecule has 2 rings (SSSR count). The summed E-state index contributed by atoms with van der Waals surface area (Å²) in [5.74, 6) is 0.458. The maximum absolute atomic E-state index is 11.0. The van der Waals surface area contributed by atoms with Crippen LogP contribution in [0, 0.1) is 5.92 Å². The van der Waals surface area contributed by atoms with Gasteiger partial charge in [0.2, 0.25) is 0 Å². The summed E-state index contributed by atoms with van der Waals surface area (Å²) in [6.07, 6.45) is 4.93. The van der Waals surface area contributed by atoms with Gasteiger partial charge in [0, 0.05) is 5.56 Å². The Balaban J connectivity index is 2.03. The molecule has 110 valence electrons. The van der Waals surface area contributed by atoms with Crippen molar-refractivity contribution in [3.05, 3.63) is 29.3 Å². The van der Waals surface area contributed by atoms with E-state index in [-0.39, 0.29) is 11.7 Å². The molecule has 1 aliphatic rings. The second-order valence-corrected chi connectivity index (χ2v) is 5.54. The highest BCUT2D eigenvalue weighted by atomic mass is 16.5. The Hall–Kier alpha value is -1.55. The molecule has 0 bridgehead atoms. The Morgan fingerprint density at radius 2 is 2.20 bits per heavy atom. The van der Waals surface area contributed by atoms with E-state index < -0.39 is 5.97 Å². The first kappa shape index (κ1) is 14.9. The predicted octanol–water partition coefficient (Wildman–Crippen LogP) is 3.49. The Morgan fingerprint density at radius 1 is 1.40 bits per heavy atom. The summed E-state index contributed by atoms with van der Waals surface area (Å²) in [5.41, 5.74) is 1.06. The molecule has 1 saturated carbocycles. The van der Waals surface area contributed by atoms with Crippen LogP contribution in [0.1, 0.15) is 48.5 Å². The quantitative estimate of drug-likeness (QED) is 0.895. The molecular formula is C16H22O4. The fourth-order valence-electron chi connectivity index (χ4n) is 2.76. The van der Waals surface area contributed by atoms with E-state index in [1.165, 1.54) is 12.8 Å². The third-order valence-electron chi connectivity index (χ3n) is 3.89. The molecule has 20 heavy (non-hydrogen) atoms. The van der Waals surface area contributed by atoms with E-state index in [0.717, 1.165) is 18.4 Å². The van der Waals surface area contributed by atoms with E-state index in [9.17, 15) is 4.79 Å². The van der Waals surface area contributed by atoms with E-state index >= 15 is 0 Å². The average molecular weight is 278 g/mol. The molecule has 1 fully saturated rings. The number of aromatic carboxylic acids is 1. The van der Waals surface area contributed by atoms with Gasteiger partial charge in [0.15, 0.2) is 0 Å². The van der Waals surface area contributed by atoms with Gasteiger partial charge in [0.25, 0.3) is 0 Å². The fraction of sp³-hybridized carbons (Fsp3) is 0.562. The van der Waals surface area contributed by atoms with Crippen molar-refractivity contribution < 1.29 is 19.4 Å². The third-order valence-corrected chi connectivity index (χ3v) is 3.89. The van der Waals surface area contributed by atoms with Crippen LogP contribution < -0.4 is 4.74 Å². The molecule has 0 radical (unpaired) electrons. The number of ether oxygens (including phenoxy) is 2. The molecule has 1 aromatic carbocycles. The zero-order valence-electron chi connectivity index (χ0n) is 12.1. The molecule has 1 aliphatic carbocycles. The average Bonchev–Trinajstić information content (AvgIpc) is 2.44. The molecule has 0 heterocycles. The first-order chi connectivity index (χ1) is 9.60. The minimum absolute atomic E-state index is 0.265. The lowest BCUT2D eigenvalue weighted by atomic mass is 9.89. The van der Waals surface area contributed by atoms with E-state index in [1.807, 2.05) is 0 Å². The van der Waals surface area contributed by atoms with E-state index in [0.29, 0.717) is 18.3 Å². The summed E-state index contributed by atoms with van der Waals surface area (Å²) < 4.78 is 11.2. The molecule has 4 heteroatoms. The molecule has 0 spiro atoms. The molecular weight excluding hydrogens is 256 g/mol. The maximum atomic E-state index is 11.0.